The van der Waals surface area contributed by atoms with E-state index in [0.29, 0.717) is 13.2 Å². The second kappa shape index (κ2) is 38.8. The van der Waals surface area contributed by atoms with Crippen LogP contribution in [0.15, 0.2) is 0 Å². The monoisotopic (exact) mass is 278 g/mol. The molecule has 0 aromatic carbocycles. The van der Waals surface area contributed by atoms with Crippen LogP contribution >= 0.6 is 0 Å². The van der Waals surface area contributed by atoms with Crippen molar-refractivity contribution in [2.24, 2.45) is 0 Å². The average molecular weight is 279 g/mol. The summed E-state index contributed by atoms with van der Waals surface area (Å²) in [4.78, 5) is 0. The topological polar surface area (TPSA) is 40.5 Å². The third-order valence-electron chi connectivity index (χ3n) is 1.02. The van der Waals surface area contributed by atoms with E-state index >= 15 is 0 Å². The van der Waals surface area contributed by atoms with Gasteiger partial charge in [0.2, 0.25) is 0 Å². The van der Waals surface area contributed by atoms with Gasteiger partial charge in [0.25, 0.3) is 0 Å². The predicted octanol–water partition coefficient (Wildman–Crippen LogP) is 1.86. The summed E-state index contributed by atoms with van der Waals surface area (Å²) in [5, 5.41) is 16.1. The fraction of sp³-hybridized carbons (Fsp3) is 1.00. The first-order chi connectivity index (χ1) is 4.83. The molecule has 0 saturated heterocycles. The van der Waals surface area contributed by atoms with Crippen LogP contribution in [0, 0.1) is 0 Å². The third kappa shape index (κ3) is 66.2. The zero-order valence-corrected chi connectivity index (χ0v) is 10.9. The average Bonchev–Trinajstić information content (AvgIpc) is 1.93. The van der Waals surface area contributed by atoms with Crippen LogP contribution in [0.5, 0.6) is 0 Å². The Labute approximate surface area is 98.6 Å². The second-order valence-electron chi connectivity index (χ2n) is 2.15. The number of unbranched alkanes of at least 4 members (excludes halogenated alkanes) is 2. The summed E-state index contributed by atoms with van der Waals surface area (Å²) in [6.07, 6.45) is 4.08. The molecular formula is C8H22F2O2Zr. The molecule has 0 rings (SSSR count). The molecule has 0 aliphatic carbocycles. The van der Waals surface area contributed by atoms with Gasteiger partial charge in [0.15, 0.2) is 0 Å². The third-order valence-corrected chi connectivity index (χ3v) is 1.02. The van der Waals surface area contributed by atoms with Crippen LogP contribution in [-0.2, 0) is 26.2 Å². The number of hydrogen-bond acceptors (Lipinski definition) is 2. The summed E-state index contributed by atoms with van der Waals surface area (Å²) < 4.78 is 0. The van der Waals surface area contributed by atoms with Crippen molar-refractivity contribution in [1.82, 2.24) is 0 Å². The molecule has 2 N–H and O–H groups in total. The maximum atomic E-state index is 8.07. The molecule has 0 atom stereocenters. The number of rotatable bonds is 4. The number of hydrogen-bond donors (Lipinski definition) is 2. The van der Waals surface area contributed by atoms with Gasteiger partial charge in [-0.2, -0.15) is 0 Å². The molecule has 5 heteroatoms. The Balaban J connectivity index is -0.0000000267. The normalized spacial score (nSPS) is 6.46. The zero-order chi connectivity index (χ0) is 8.24. The van der Waals surface area contributed by atoms with E-state index in [1.165, 1.54) is 0 Å². The van der Waals surface area contributed by atoms with Crippen LogP contribution in [0.4, 0.5) is 9.41 Å². The Morgan fingerprint density at radius 3 is 1.00 bits per heavy atom. The van der Waals surface area contributed by atoms with Gasteiger partial charge in [-0.25, -0.2) is 0 Å². The second-order valence-corrected chi connectivity index (χ2v) is 2.15. The molecule has 84 valence electrons. The van der Waals surface area contributed by atoms with Crippen molar-refractivity contribution in [3.05, 3.63) is 0 Å². The Morgan fingerprint density at radius 2 is 1.00 bits per heavy atom. The number of aliphatic hydroxyl groups excluding tert-OH is 2. The minimum Gasteiger partial charge on any atom is -0.396 e. The van der Waals surface area contributed by atoms with Crippen LogP contribution in [0.2, 0.25) is 0 Å². The van der Waals surface area contributed by atoms with Crippen LogP contribution < -0.4 is 0 Å². The van der Waals surface area contributed by atoms with Gasteiger partial charge in [0, 0.05) is 39.4 Å². The predicted molar refractivity (Wildman–Crippen MR) is 49.0 cm³/mol. The summed E-state index contributed by atoms with van der Waals surface area (Å²) in [7, 11) is 0. The molecular weight excluding hydrogens is 257 g/mol. The molecule has 0 aromatic heterocycles. The Kier molecular flexibility index (Phi) is 87.1. The van der Waals surface area contributed by atoms with E-state index in [1.807, 2.05) is 0 Å². The van der Waals surface area contributed by atoms with E-state index in [2.05, 4.69) is 13.8 Å². The van der Waals surface area contributed by atoms with Crippen molar-refractivity contribution in [3.63, 3.8) is 0 Å². The Morgan fingerprint density at radius 1 is 0.769 bits per heavy atom. The summed E-state index contributed by atoms with van der Waals surface area (Å²) in [6.45, 7) is 4.79. The molecule has 0 aliphatic rings. The van der Waals surface area contributed by atoms with Crippen LogP contribution in [-0.4, -0.2) is 23.4 Å². The number of halogens is 2. The molecule has 0 amide bonds. The molecule has 0 aromatic rings. The first kappa shape index (κ1) is 29.2. The van der Waals surface area contributed by atoms with Gasteiger partial charge in [0.05, 0.1) is 0 Å². The van der Waals surface area contributed by atoms with Gasteiger partial charge in [-0.3, -0.25) is 9.41 Å². The van der Waals surface area contributed by atoms with Gasteiger partial charge >= 0.3 is 0 Å². The van der Waals surface area contributed by atoms with Crippen molar-refractivity contribution >= 4 is 0 Å². The van der Waals surface area contributed by atoms with E-state index in [4.69, 9.17) is 10.2 Å². The first-order valence-corrected chi connectivity index (χ1v) is 4.05. The van der Waals surface area contributed by atoms with Crippen LogP contribution in [0.3, 0.4) is 0 Å². The van der Waals surface area contributed by atoms with Crippen molar-refractivity contribution in [2.45, 2.75) is 39.5 Å². The van der Waals surface area contributed by atoms with Gasteiger partial charge in [-0.1, -0.05) is 26.7 Å². The standard InChI is InChI=1S/2C4H10O.2FH.Zr/c2*1-2-3-4-5;;;/h2*5H,2-4H2,1H3;2*1H;. The van der Waals surface area contributed by atoms with Gasteiger partial charge < -0.3 is 10.2 Å². The van der Waals surface area contributed by atoms with E-state index in [1.54, 1.807) is 0 Å². The van der Waals surface area contributed by atoms with E-state index in [0.717, 1.165) is 25.7 Å². The molecule has 0 spiro atoms. The Hall–Kier alpha value is 0.663. The summed E-state index contributed by atoms with van der Waals surface area (Å²) in [5.74, 6) is 0. The number of aliphatic hydroxyl groups is 2. The van der Waals surface area contributed by atoms with Crippen LogP contribution in [0.1, 0.15) is 39.5 Å². The molecule has 0 radical (unpaired) electrons. The molecule has 0 saturated carbocycles. The van der Waals surface area contributed by atoms with Crippen molar-refractivity contribution < 1.29 is 45.8 Å². The van der Waals surface area contributed by atoms with Crippen molar-refractivity contribution in [1.29, 1.82) is 0 Å². The SMILES string of the molecule is CCCCO.CCCCO.F.F.[Zr]. The Bertz CT molecular complexity index is 41.1. The quantitative estimate of drug-likeness (QED) is 0.825. The summed E-state index contributed by atoms with van der Waals surface area (Å²) in [5.41, 5.74) is 0. The molecule has 2 nitrogen and oxygen atoms in total. The molecule has 0 aliphatic heterocycles. The smallest absolute Gasteiger partial charge is 0.0430 e. The summed E-state index contributed by atoms with van der Waals surface area (Å²) >= 11 is 0. The summed E-state index contributed by atoms with van der Waals surface area (Å²) in [6, 6.07) is 0. The van der Waals surface area contributed by atoms with Crippen molar-refractivity contribution in [3.8, 4) is 0 Å². The van der Waals surface area contributed by atoms with Crippen molar-refractivity contribution in [2.75, 3.05) is 13.2 Å². The molecule has 0 heterocycles. The maximum Gasteiger partial charge on any atom is 0.0430 e. The molecule has 0 bridgehead atoms. The van der Waals surface area contributed by atoms with E-state index in [9.17, 15) is 0 Å². The van der Waals surface area contributed by atoms with Crippen LogP contribution in [0.25, 0.3) is 0 Å². The minimum atomic E-state index is 0. The fourth-order valence-electron chi connectivity index (χ4n) is 0.316. The van der Waals surface area contributed by atoms with E-state index < -0.39 is 0 Å². The molecule has 0 unspecified atom stereocenters. The first-order valence-electron chi connectivity index (χ1n) is 4.05. The van der Waals surface area contributed by atoms with E-state index in [-0.39, 0.29) is 35.6 Å². The fourth-order valence-corrected chi connectivity index (χ4v) is 0.316. The largest absolute Gasteiger partial charge is 0.396 e. The van der Waals surface area contributed by atoms with Gasteiger partial charge in [0.1, 0.15) is 0 Å². The molecule has 13 heavy (non-hydrogen) atoms. The van der Waals surface area contributed by atoms with Gasteiger partial charge in [-0.15, -0.1) is 0 Å². The molecule has 0 fully saturated rings. The maximum absolute atomic E-state index is 8.07. The van der Waals surface area contributed by atoms with Gasteiger partial charge in [-0.05, 0) is 12.8 Å². The minimum absolute atomic E-state index is 0. The zero-order valence-electron chi connectivity index (χ0n) is 8.45.